The Labute approximate surface area is 202 Å². The molecule has 3 rings (SSSR count). The van der Waals surface area contributed by atoms with Crippen molar-refractivity contribution in [3.8, 4) is 5.75 Å². The summed E-state index contributed by atoms with van der Waals surface area (Å²) in [6, 6.07) is 14.0. The molecule has 0 aliphatic carbocycles. The number of carboxylic acids is 1. The van der Waals surface area contributed by atoms with Gasteiger partial charge in [0.05, 0.1) is 18.6 Å². The highest BCUT2D eigenvalue weighted by Gasteiger charge is 2.33. The van der Waals surface area contributed by atoms with Gasteiger partial charge in [-0.05, 0) is 50.5 Å². The molecule has 9 nitrogen and oxygen atoms in total. The maximum Gasteiger partial charge on any atom is 0.459 e. The third kappa shape index (κ3) is 7.11. The molecule has 3 aromatic rings. The number of carboxylic acid groups (broad SMARTS) is 1. The molecular formula is C25H28NO8P. The van der Waals surface area contributed by atoms with E-state index in [1.165, 1.54) is 19.1 Å². The number of Topliss-reactive ketones (excluding diaryl/α,β-unsaturated/α-hetero) is 1. The number of carbonyl (C=O) groups is 2. The molecule has 0 amide bonds. The van der Waals surface area contributed by atoms with Crippen molar-refractivity contribution >= 4 is 30.5 Å². The van der Waals surface area contributed by atoms with E-state index in [0.29, 0.717) is 5.39 Å². The van der Waals surface area contributed by atoms with E-state index in [2.05, 4.69) is 5.09 Å². The lowest BCUT2D eigenvalue weighted by molar-refractivity contribution is -0.143. The Morgan fingerprint density at radius 3 is 2.51 bits per heavy atom. The number of benzene rings is 2. The lowest BCUT2D eigenvalue weighted by atomic mass is 9.93. The molecule has 0 radical (unpaired) electrons. The van der Waals surface area contributed by atoms with Crippen LogP contribution in [0.5, 0.6) is 5.75 Å². The zero-order valence-electron chi connectivity index (χ0n) is 19.7. The van der Waals surface area contributed by atoms with Crippen LogP contribution in [0.1, 0.15) is 31.4 Å². The average molecular weight is 501 g/mol. The predicted octanol–water partition coefficient (Wildman–Crippen LogP) is 4.51. The molecule has 0 fully saturated rings. The van der Waals surface area contributed by atoms with Crippen molar-refractivity contribution in [3.63, 3.8) is 0 Å². The number of hydrogen-bond donors (Lipinski definition) is 2. The Balaban J connectivity index is 1.73. The summed E-state index contributed by atoms with van der Waals surface area (Å²) < 4.78 is 29.5. The first-order valence-electron chi connectivity index (χ1n) is 11.2. The van der Waals surface area contributed by atoms with Gasteiger partial charge in [0, 0.05) is 23.9 Å². The minimum atomic E-state index is -4.02. The maximum absolute atomic E-state index is 13.4. The molecule has 1 unspecified atom stereocenters. The van der Waals surface area contributed by atoms with Crippen molar-refractivity contribution in [2.75, 3.05) is 6.61 Å². The number of ketones is 1. The highest BCUT2D eigenvalue weighted by Crippen LogP contribution is 2.45. The Morgan fingerprint density at radius 1 is 1.14 bits per heavy atom. The van der Waals surface area contributed by atoms with Gasteiger partial charge in [-0.25, -0.2) is 14.4 Å². The first kappa shape index (κ1) is 26.3. The van der Waals surface area contributed by atoms with Crippen molar-refractivity contribution < 1.29 is 32.7 Å². The molecule has 0 saturated carbocycles. The molecule has 1 heterocycles. The van der Waals surface area contributed by atoms with E-state index in [9.17, 15) is 24.1 Å². The summed E-state index contributed by atoms with van der Waals surface area (Å²) in [5.41, 5.74) is 1.25. The monoisotopic (exact) mass is 501 g/mol. The highest BCUT2D eigenvalue weighted by atomic mass is 31.2. The number of aryl methyl sites for hydroxylation is 1. The fourth-order valence-electron chi connectivity index (χ4n) is 3.63. The summed E-state index contributed by atoms with van der Waals surface area (Å²) in [6.45, 7) is 4.88. The van der Waals surface area contributed by atoms with Gasteiger partial charge in [-0.15, -0.1) is 0 Å². The number of rotatable bonds is 12. The maximum atomic E-state index is 13.4. The smallest absolute Gasteiger partial charge is 0.459 e. The van der Waals surface area contributed by atoms with Gasteiger partial charge < -0.3 is 14.0 Å². The summed E-state index contributed by atoms with van der Waals surface area (Å²) in [4.78, 5) is 36.3. The molecule has 186 valence electrons. The molecular weight excluding hydrogens is 473 g/mol. The van der Waals surface area contributed by atoms with E-state index in [-0.39, 0.29) is 30.8 Å². The van der Waals surface area contributed by atoms with Gasteiger partial charge in [-0.3, -0.25) is 14.1 Å². The van der Waals surface area contributed by atoms with Crippen LogP contribution in [0.15, 0.2) is 63.8 Å². The second-order valence-electron chi connectivity index (χ2n) is 8.16. The van der Waals surface area contributed by atoms with Crippen molar-refractivity contribution in [3.05, 3.63) is 76.1 Å². The van der Waals surface area contributed by atoms with Crippen LogP contribution in [-0.2, 0) is 25.1 Å². The van der Waals surface area contributed by atoms with E-state index in [0.717, 1.165) is 11.1 Å². The van der Waals surface area contributed by atoms with Gasteiger partial charge >= 0.3 is 19.3 Å². The second kappa shape index (κ2) is 11.4. The summed E-state index contributed by atoms with van der Waals surface area (Å²) >= 11 is 0. The van der Waals surface area contributed by atoms with E-state index in [1.807, 2.05) is 6.07 Å². The molecule has 2 N–H and O–H groups in total. The van der Waals surface area contributed by atoms with Gasteiger partial charge in [0.2, 0.25) is 0 Å². The molecule has 0 saturated heterocycles. The lowest BCUT2D eigenvalue weighted by Crippen LogP contribution is -2.36. The van der Waals surface area contributed by atoms with Crippen LogP contribution < -0.4 is 15.2 Å². The van der Waals surface area contributed by atoms with Crippen LogP contribution in [0.3, 0.4) is 0 Å². The summed E-state index contributed by atoms with van der Waals surface area (Å²) in [6.07, 6.45) is -0.0686. The van der Waals surface area contributed by atoms with Crippen molar-refractivity contribution in [1.29, 1.82) is 0 Å². The first-order valence-corrected chi connectivity index (χ1v) is 12.7. The average Bonchev–Trinajstić information content (AvgIpc) is 2.78. The standard InChI is InChI=1S/C25H28NO8P/c1-4-32-35(31,34-20-10-11-21-16(2)12-24(28)33-23(21)15-20)26-17(3)22(27)14-19(25(29)30)13-18-8-6-5-7-9-18/h5-12,15,17,19H,4,13-14H2,1-3H3,(H,26,31)(H,29,30)/t17-,19+,35?/m0/s1. The van der Waals surface area contributed by atoms with Crippen LogP contribution in [0, 0.1) is 12.8 Å². The van der Waals surface area contributed by atoms with E-state index in [1.54, 1.807) is 50.2 Å². The third-order valence-electron chi connectivity index (χ3n) is 5.40. The molecule has 1 aromatic heterocycles. The Bertz CT molecular complexity index is 1300. The Kier molecular flexibility index (Phi) is 8.62. The summed E-state index contributed by atoms with van der Waals surface area (Å²) in [5, 5.41) is 12.9. The molecule has 3 atom stereocenters. The van der Waals surface area contributed by atoms with Gasteiger partial charge in [0.15, 0.2) is 5.78 Å². The number of nitrogens with one attached hydrogen (secondary N) is 1. The second-order valence-corrected chi connectivity index (χ2v) is 9.85. The van der Waals surface area contributed by atoms with Gasteiger partial charge in [-0.1, -0.05) is 30.3 Å². The van der Waals surface area contributed by atoms with Crippen LogP contribution in [0.4, 0.5) is 0 Å². The van der Waals surface area contributed by atoms with Crippen molar-refractivity contribution in [1.82, 2.24) is 5.09 Å². The highest BCUT2D eigenvalue weighted by molar-refractivity contribution is 7.52. The Morgan fingerprint density at radius 2 is 1.86 bits per heavy atom. The Hall–Kier alpha value is -3.26. The number of fused-ring (bicyclic) bond motifs is 1. The summed E-state index contributed by atoms with van der Waals surface area (Å²) in [5.74, 6) is -2.36. The van der Waals surface area contributed by atoms with Crippen LogP contribution in [0.2, 0.25) is 0 Å². The lowest BCUT2D eigenvalue weighted by Gasteiger charge is -2.23. The van der Waals surface area contributed by atoms with Crippen molar-refractivity contribution in [2.45, 2.75) is 39.7 Å². The first-order chi connectivity index (χ1) is 16.6. The zero-order chi connectivity index (χ0) is 25.6. The van der Waals surface area contributed by atoms with Gasteiger partial charge in [0.1, 0.15) is 11.3 Å². The van der Waals surface area contributed by atoms with Gasteiger partial charge in [0.25, 0.3) is 0 Å². The third-order valence-corrected chi connectivity index (χ3v) is 7.16. The largest absolute Gasteiger partial charge is 0.481 e. The molecule has 35 heavy (non-hydrogen) atoms. The van der Waals surface area contributed by atoms with Gasteiger partial charge in [-0.2, -0.15) is 0 Å². The number of carbonyl (C=O) groups excluding carboxylic acids is 1. The van der Waals surface area contributed by atoms with Crippen molar-refractivity contribution in [2.24, 2.45) is 5.92 Å². The zero-order valence-corrected chi connectivity index (χ0v) is 20.6. The van der Waals surface area contributed by atoms with E-state index < -0.39 is 37.1 Å². The molecule has 0 bridgehead atoms. The van der Waals surface area contributed by atoms with Crippen LogP contribution in [-0.4, -0.2) is 29.5 Å². The molecule has 2 aromatic carbocycles. The number of hydrogen-bond acceptors (Lipinski definition) is 7. The molecule has 10 heteroatoms. The van der Waals surface area contributed by atoms with E-state index >= 15 is 0 Å². The topological polar surface area (TPSA) is 132 Å². The molecule has 0 aliphatic rings. The quantitative estimate of drug-likeness (QED) is 0.272. The predicted molar refractivity (Wildman–Crippen MR) is 131 cm³/mol. The minimum absolute atomic E-state index is 0.0265. The van der Waals surface area contributed by atoms with E-state index in [4.69, 9.17) is 13.5 Å². The van der Waals surface area contributed by atoms with Crippen LogP contribution >= 0.6 is 7.75 Å². The molecule has 0 spiro atoms. The SMILES string of the molecule is CCOP(=O)(N[C@@H](C)C(=O)C[C@@H](Cc1ccccc1)C(=O)O)Oc1ccc2c(C)cc(=O)oc2c1. The minimum Gasteiger partial charge on any atom is -0.481 e. The number of aliphatic carboxylic acids is 1. The summed E-state index contributed by atoms with van der Waals surface area (Å²) in [7, 11) is -4.02. The fourth-order valence-corrected chi connectivity index (χ4v) is 5.16. The normalized spacial score (nSPS) is 14.7. The van der Waals surface area contributed by atoms with Crippen LogP contribution in [0.25, 0.3) is 11.0 Å². The fraction of sp³-hybridized carbons (Fsp3) is 0.320. The molecule has 0 aliphatic heterocycles.